The second kappa shape index (κ2) is 5.20. The zero-order valence-corrected chi connectivity index (χ0v) is 11.4. The summed E-state index contributed by atoms with van der Waals surface area (Å²) in [5, 5.41) is 0. The van der Waals surface area contributed by atoms with Crippen LogP contribution in [0.4, 0.5) is 0 Å². The second-order valence-electron chi connectivity index (χ2n) is 6.30. The van der Waals surface area contributed by atoms with Crippen LogP contribution in [0.25, 0.3) is 0 Å². The molecule has 1 aliphatic carbocycles. The lowest BCUT2D eigenvalue weighted by molar-refractivity contribution is -0.155. The van der Waals surface area contributed by atoms with Crippen LogP contribution in [0.5, 0.6) is 0 Å². The fourth-order valence-corrected chi connectivity index (χ4v) is 2.37. The first kappa shape index (κ1) is 13.5. The predicted molar refractivity (Wildman–Crippen MR) is 66.1 cm³/mol. The number of carbonyl (C=O) groups excluding carboxylic acids is 1. The Balaban J connectivity index is 2.19. The van der Waals surface area contributed by atoms with E-state index in [1.54, 1.807) is 0 Å². The topological polar surface area (TPSA) is 26.3 Å². The monoisotopic (exact) mass is 226 g/mol. The Labute approximate surface area is 99.8 Å². The first-order valence-corrected chi connectivity index (χ1v) is 6.53. The summed E-state index contributed by atoms with van der Waals surface area (Å²) < 4.78 is 5.32. The molecule has 1 aliphatic rings. The molecule has 1 rings (SSSR count). The molecule has 0 bridgehead atoms. The number of esters is 1. The van der Waals surface area contributed by atoms with E-state index >= 15 is 0 Å². The molecule has 3 unspecified atom stereocenters. The highest BCUT2D eigenvalue weighted by atomic mass is 16.6. The molecule has 0 N–H and O–H groups in total. The minimum Gasteiger partial charge on any atom is -0.460 e. The van der Waals surface area contributed by atoms with E-state index in [1.165, 1.54) is 19.3 Å². The highest BCUT2D eigenvalue weighted by Crippen LogP contribution is 2.45. The third-order valence-corrected chi connectivity index (χ3v) is 3.23. The van der Waals surface area contributed by atoms with Crippen molar-refractivity contribution >= 4 is 5.97 Å². The molecule has 2 nitrogen and oxygen atoms in total. The third-order valence-electron chi connectivity index (χ3n) is 3.23. The average molecular weight is 226 g/mol. The molecule has 16 heavy (non-hydrogen) atoms. The summed E-state index contributed by atoms with van der Waals surface area (Å²) >= 11 is 0. The van der Waals surface area contributed by atoms with E-state index in [-0.39, 0.29) is 11.6 Å². The van der Waals surface area contributed by atoms with E-state index in [9.17, 15) is 4.79 Å². The summed E-state index contributed by atoms with van der Waals surface area (Å²) in [6, 6.07) is 0. The number of carbonyl (C=O) groups is 1. The maximum atomic E-state index is 11.6. The molecule has 0 amide bonds. The summed E-state index contributed by atoms with van der Waals surface area (Å²) in [4.78, 5) is 11.6. The highest BCUT2D eigenvalue weighted by Gasteiger charge is 2.36. The van der Waals surface area contributed by atoms with Gasteiger partial charge in [0.05, 0.1) is 0 Å². The van der Waals surface area contributed by atoms with Crippen LogP contribution in [0.15, 0.2) is 0 Å². The Bertz CT molecular complexity index is 240. The normalized spacial score (nSPS) is 26.3. The van der Waals surface area contributed by atoms with E-state index in [4.69, 9.17) is 4.74 Å². The van der Waals surface area contributed by atoms with Crippen LogP contribution in [-0.2, 0) is 9.53 Å². The first-order chi connectivity index (χ1) is 7.31. The van der Waals surface area contributed by atoms with Crippen LogP contribution >= 0.6 is 0 Å². The molecule has 1 saturated carbocycles. The van der Waals surface area contributed by atoms with E-state index < -0.39 is 0 Å². The van der Waals surface area contributed by atoms with Crippen LogP contribution < -0.4 is 0 Å². The summed E-state index contributed by atoms with van der Waals surface area (Å²) in [6.45, 7) is 10.2. The molecule has 0 spiro atoms. The molecule has 0 aromatic carbocycles. The van der Waals surface area contributed by atoms with Gasteiger partial charge in [0.25, 0.3) is 0 Å². The second-order valence-corrected chi connectivity index (χ2v) is 6.30. The zero-order valence-electron chi connectivity index (χ0n) is 11.4. The lowest BCUT2D eigenvalue weighted by Gasteiger charge is -2.21. The number of hydrogen-bond donors (Lipinski definition) is 0. The van der Waals surface area contributed by atoms with E-state index in [1.807, 2.05) is 20.8 Å². The summed E-state index contributed by atoms with van der Waals surface area (Å²) in [5.41, 5.74) is -0.345. The van der Waals surface area contributed by atoms with Gasteiger partial charge in [-0.2, -0.15) is 0 Å². The van der Waals surface area contributed by atoms with Gasteiger partial charge in [0, 0.05) is 6.42 Å². The molecular weight excluding hydrogens is 200 g/mol. The van der Waals surface area contributed by atoms with Crippen LogP contribution in [0.3, 0.4) is 0 Å². The van der Waals surface area contributed by atoms with Gasteiger partial charge in [-0.05, 0) is 51.4 Å². The largest absolute Gasteiger partial charge is 0.460 e. The molecular formula is C14H26O2. The van der Waals surface area contributed by atoms with Crippen LogP contribution in [-0.4, -0.2) is 11.6 Å². The van der Waals surface area contributed by atoms with Gasteiger partial charge in [-0.3, -0.25) is 4.79 Å². The highest BCUT2D eigenvalue weighted by molar-refractivity contribution is 5.70. The van der Waals surface area contributed by atoms with Crippen molar-refractivity contribution in [3.63, 3.8) is 0 Å². The van der Waals surface area contributed by atoms with Gasteiger partial charge in [-0.25, -0.2) is 0 Å². The molecule has 0 aromatic rings. The van der Waals surface area contributed by atoms with Crippen molar-refractivity contribution in [2.75, 3.05) is 0 Å². The van der Waals surface area contributed by atoms with Gasteiger partial charge in [-0.1, -0.05) is 20.3 Å². The van der Waals surface area contributed by atoms with Gasteiger partial charge >= 0.3 is 5.97 Å². The van der Waals surface area contributed by atoms with Crippen molar-refractivity contribution in [3.05, 3.63) is 0 Å². The minimum atomic E-state index is -0.345. The molecule has 94 valence electrons. The Morgan fingerprint density at radius 3 is 2.44 bits per heavy atom. The molecule has 0 radical (unpaired) electrons. The molecule has 0 heterocycles. The van der Waals surface area contributed by atoms with Gasteiger partial charge < -0.3 is 4.74 Å². The van der Waals surface area contributed by atoms with E-state index in [2.05, 4.69) is 13.8 Å². The maximum absolute atomic E-state index is 11.6. The van der Waals surface area contributed by atoms with Crippen LogP contribution in [0.2, 0.25) is 0 Å². The van der Waals surface area contributed by atoms with Crippen molar-refractivity contribution in [2.24, 2.45) is 17.8 Å². The number of hydrogen-bond acceptors (Lipinski definition) is 2. The lowest BCUT2D eigenvalue weighted by atomic mass is 9.99. The Morgan fingerprint density at radius 2 is 2.00 bits per heavy atom. The van der Waals surface area contributed by atoms with Crippen LogP contribution in [0, 0.1) is 17.8 Å². The zero-order chi connectivity index (χ0) is 12.3. The molecule has 0 aliphatic heterocycles. The average Bonchev–Trinajstić information content (AvgIpc) is 2.78. The van der Waals surface area contributed by atoms with Crippen molar-refractivity contribution in [3.8, 4) is 0 Å². The van der Waals surface area contributed by atoms with E-state index in [0.29, 0.717) is 12.3 Å². The van der Waals surface area contributed by atoms with Gasteiger partial charge in [0.1, 0.15) is 5.60 Å². The Morgan fingerprint density at radius 1 is 1.38 bits per heavy atom. The fraction of sp³-hybridized carbons (Fsp3) is 0.929. The molecule has 0 aromatic heterocycles. The van der Waals surface area contributed by atoms with Gasteiger partial charge in [-0.15, -0.1) is 0 Å². The molecule has 1 fully saturated rings. The summed E-state index contributed by atoms with van der Waals surface area (Å²) in [5.74, 6) is 2.23. The Hall–Kier alpha value is -0.530. The van der Waals surface area contributed by atoms with Crippen molar-refractivity contribution in [2.45, 2.75) is 65.9 Å². The smallest absolute Gasteiger partial charge is 0.306 e. The van der Waals surface area contributed by atoms with Gasteiger partial charge in [0.2, 0.25) is 0 Å². The number of ether oxygens (including phenoxy) is 1. The summed E-state index contributed by atoms with van der Waals surface area (Å²) in [6.07, 6.45) is 4.43. The standard InChI is InChI=1S/C14H26O2/c1-6-11-9-12(11)7-10(2)8-13(15)16-14(3,4)5/h10-12H,6-9H2,1-5H3. The quantitative estimate of drug-likeness (QED) is 0.667. The van der Waals surface area contributed by atoms with Crippen molar-refractivity contribution in [1.82, 2.24) is 0 Å². The van der Waals surface area contributed by atoms with E-state index in [0.717, 1.165) is 11.8 Å². The molecule has 2 heteroatoms. The SMILES string of the molecule is CCC1CC1CC(C)CC(=O)OC(C)(C)C. The van der Waals surface area contributed by atoms with Crippen LogP contribution in [0.1, 0.15) is 60.3 Å². The van der Waals surface area contributed by atoms with Gasteiger partial charge in [0.15, 0.2) is 0 Å². The fourth-order valence-electron chi connectivity index (χ4n) is 2.37. The number of rotatable bonds is 5. The van der Waals surface area contributed by atoms with Crippen molar-refractivity contribution < 1.29 is 9.53 Å². The summed E-state index contributed by atoms with van der Waals surface area (Å²) in [7, 11) is 0. The molecule has 3 atom stereocenters. The minimum absolute atomic E-state index is 0.0475. The first-order valence-electron chi connectivity index (χ1n) is 6.53. The molecule has 0 saturated heterocycles. The predicted octanol–water partition coefficient (Wildman–Crippen LogP) is 3.79. The maximum Gasteiger partial charge on any atom is 0.306 e. The third kappa shape index (κ3) is 5.00. The Kier molecular flexibility index (Phi) is 4.40. The lowest BCUT2D eigenvalue weighted by Crippen LogP contribution is -2.25. The van der Waals surface area contributed by atoms with Crippen molar-refractivity contribution in [1.29, 1.82) is 0 Å².